The molecule has 0 aromatic carbocycles. The van der Waals surface area contributed by atoms with E-state index >= 15 is 0 Å². The Morgan fingerprint density at radius 1 is 1.50 bits per heavy atom. The average molecular weight is 310 g/mol. The summed E-state index contributed by atoms with van der Waals surface area (Å²) in [7, 11) is 1.94. The number of thiophene rings is 1. The Kier molecular flexibility index (Phi) is 5.60. The van der Waals surface area contributed by atoms with Crippen molar-refractivity contribution in [3.05, 3.63) is 28.2 Å². The van der Waals surface area contributed by atoms with Crippen molar-refractivity contribution in [1.29, 1.82) is 0 Å². The minimum atomic E-state index is 0.0413. The predicted octanol–water partition coefficient (Wildman–Crippen LogP) is 2.09. The molecule has 2 heterocycles. The lowest BCUT2D eigenvalue weighted by molar-refractivity contribution is -0.118. The zero-order chi connectivity index (χ0) is 14.4. The van der Waals surface area contributed by atoms with Crippen LogP contribution in [0.25, 0.3) is 0 Å². The molecular weight excluding hydrogens is 292 g/mol. The molecule has 1 N–H and O–H groups in total. The van der Waals surface area contributed by atoms with Crippen LogP contribution in [0.2, 0.25) is 0 Å². The number of amides is 1. The zero-order valence-electron chi connectivity index (χ0n) is 11.6. The lowest BCUT2D eigenvalue weighted by Crippen LogP contribution is -2.25. The van der Waals surface area contributed by atoms with Crippen LogP contribution in [0.5, 0.6) is 0 Å². The number of hydrogen-bond donors (Lipinski definition) is 1. The second kappa shape index (κ2) is 7.44. The molecule has 0 fully saturated rings. The highest BCUT2D eigenvalue weighted by atomic mass is 32.2. The van der Waals surface area contributed by atoms with E-state index in [-0.39, 0.29) is 5.91 Å². The normalized spacial score (nSPS) is 10.7. The van der Waals surface area contributed by atoms with Crippen LogP contribution in [-0.2, 0) is 18.3 Å². The molecule has 1 amide bonds. The lowest BCUT2D eigenvalue weighted by Gasteiger charge is -2.04. The van der Waals surface area contributed by atoms with Crippen LogP contribution in [0.4, 0.5) is 0 Å². The van der Waals surface area contributed by atoms with Crippen LogP contribution in [0.3, 0.4) is 0 Å². The van der Waals surface area contributed by atoms with Gasteiger partial charge in [-0.05, 0) is 17.9 Å². The molecule has 0 saturated heterocycles. The topological polar surface area (TPSA) is 59.8 Å². The van der Waals surface area contributed by atoms with E-state index in [1.807, 2.05) is 24.6 Å². The molecule has 0 spiro atoms. The predicted molar refractivity (Wildman–Crippen MR) is 82.2 cm³/mol. The maximum atomic E-state index is 11.6. The molecule has 0 aliphatic rings. The molecule has 5 nitrogen and oxygen atoms in total. The van der Waals surface area contributed by atoms with Gasteiger partial charge in [-0.3, -0.25) is 4.79 Å². The van der Waals surface area contributed by atoms with E-state index in [0.717, 1.165) is 30.4 Å². The van der Waals surface area contributed by atoms with Gasteiger partial charge in [-0.1, -0.05) is 24.8 Å². The first-order valence-corrected chi connectivity index (χ1v) is 8.37. The fourth-order valence-corrected chi connectivity index (χ4v) is 3.10. The van der Waals surface area contributed by atoms with Crippen molar-refractivity contribution in [2.24, 2.45) is 7.05 Å². The number of rotatable bonds is 7. The number of thioether (sulfide) groups is 1. The Labute approximate surface area is 126 Å². The fourth-order valence-electron chi connectivity index (χ4n) is 1.64. The van der Waals surface area contributed by atoms with Crippen molar-refractivity contribution in [2.75, 3.05) is 12.3 Å². The smallest absolute Gasteiger partial charge is 0.230 e. The number of aromatic nitrogens is 3. The van der Waals surface area contributed by atoms with Crippen LogP contribution in [0, 0.1) is 0 Å². The third-order valence-corrected chi connectivity index (χ3v) is 4.64. The van der Waals surface area contributed by atoms with Crippen LogP contribution in [0.15, 0.2) is 22.7 Å². The Bertz CT molecular complexity index is 551. The van der Waals surface area contributed by atoms with Gasteiger partial charge in [-0.2, -0.15) is 0 Å². The fraction of sp³-hybridized carbons (Fsp3) is 0.462. The summed E-state index contributed by atoms with van der Waals surface area (Å²) in [6, 6.07) is 4.12. The average Bonchev–Trinajstić information content (AvgIpc) is 3.06. The highest BCUT2D eigenvalue weighted by molar-refractivity contribution is 7.99. The summed E-state index contributed by atoms with van der Waals surface area (Å²) >= 11 is 3.13. The third-order valence-electron chi connectivity index (χ3n) is 2.74. The van der Waals surface area contributed by atoms with Gasteiger partial charge in [0.05, 0.1) is 5.75 Å². The SMILES string of the molecule is CCCNC(=O)CSc1nnc(Cc2cccs2)n1C. The Balaban J connectivity index is 1.90. The van der Waals surface area contributed by atoms with Gasteiger partial charge < -0.3 is 9.88 Å². The van der Waals surface area contributed by atoms with Gasteiger partial charge >= 0.3 is 0 Å². The second-order valence-electron chi connectivity index (χ2n) is 4.35. The number of carbonyl (C=O) groups is 1. The van der Waals surface area contributed by atoms with Crippen molar-refractivity contribution in [3.8, 4) is 0 Å². The monoisotopic (exact) mass is 310 g/mol. The number of nitrogens with zero attached hydrogens (tertiary/aromatic N) is 3. The molecule has 0 aliphatic heterocycles. The van der Waals surface area contributed by atoms with Gasteiger partial charge in [0, 0.05) is 24.9 Å². The summed E-state index contributed by atoms with van der Waals surface area (Å²) in [5, 5.41) is 14.0. The molecule has 108 valence electrons. The third kappa shape index (κ3) is 4.08. The quantitative estimate of drug-likeness (QED) is 0.796. The van der Waals surface area contributed by atoms with Crippen LogP contribution in [-0.4, -0.2) is 33.0 Å². The first-order valence-electron chi connectivity index (χ1n) is 6.51. The van der Waals surface area contributed by atoms with Gasteiger partial charge in [0.25, 0.3) is 0 Å². The van der Waals surface area contributed by atoms with Crippen molar-refractivity contribution < 1.29 is 4.79 Å². The molecule has 0 radical (unpaired) electrons. The molecule has 0 unspecified atom stereocenters. The maximum Gasteiger partial charge on any atom is 0.230 e. The Morgan fingerprint density at radius 3 is 3.05 bits per heavy atom. The van der Waals surface area contributed by atoms with E-state index in [0.29, 0.717) is 5.75 Å². The highest BCUT2D eigenvalue weighted by Crippen LogP contribution is 2.18. The van der Waals surface area contributed by atoms with Crippen molar-refractivity contribution in [2.45, 2.75) is 24.9 Å². The molecule has 20 heavy (non-hydrogen) atoms. The molecule has 0 saturated carbocycles. The molecule has 2 rings (SSSR count). The number of nitrogens with one attached hydrogen (secondary N) is 1. The molecule has 2 aromatic heterocycles. The molecule has 0 bridgehead atoms. The summed E-state index contributed by atoms with van der Waals surface area (Å²) in [5.41, 5.74) is 0. The molecule has 7 heteroatoms. The number of hydrogen-bond acceptors (Lipinski definition) is 5. The van der Waals surface area contributed by atoms with Gasteiger partial charge in [-0.15, -0.1) is 21.5 Å². The first-order chi connectivity index (χ1) is 9.70. The second-order valence-corrected chi connectivity index (χ2v) is 6.33. The number of carbonyl (C=O) groups excluding carboxylic acids is 1. The van der Waals surface area contributed by atoms with Gasteiger partial charge in [-0.25, -0.2) is 0 Å². The van der Waals surface area contributed by atoms with Crippen molar-refractivity contribution >= 4 is 29.0 Å². The lowest BCUT2D eigenvalue weighted by atomic mass is 10.3. The molecule has 2 aromatic rings. The largest absolute Gasteiger partial charge is 0.355 e. The summed E-state index contributed by atoms with van der Waals surface area (Å²) in [4.78, 5) is 12.8. The van der Waals surface area contributed by atoms with Gasteiger partial charge in [0.2, 0.25) is 5.91 Å². The zero-order valence-corrected chi connectivity index (χ0v) is 13.3. The van der Waals surface area contributed by atoms with Gasteiger partial charge in [0.1, 0.15) is 5.82 Å². The minimum absolute atomic E-state index is 0.0413. The first kappa shape index (κ1) is 15.1. The van der Waals surface area contributed by atoms with E-state index in [2.05, 4.69) is 27.0 Å². The van der Waals surface area contributed by atoms with Crippen molar-refractivity contribution in [3.63, 3.8) is 0 Å². The van der Waals surface area contributed by atoms with E-state index in [1.54, 1.807) is 11.3 Å². The molecule has 0 aliphatic carbocycles. The molecule has 0 atom stereocenters. The Morgan fingerprint density at radius 2 is 2.35 bits per heavy atom. The standard InChI is InChI=1S/C13H18N4OS2/c1-3-6-14-12(18)9-20-13-16-15-11(17(13)2)8-10-5-4-7-19-10/h4-5,7H,3,6,8-9H2,1-2H3,(H,14,18). The summed E-state index contributed by atoms with van der Waals surface area (Å²) < 4.78 is 1.96. The summed E-state index contributed by atoms with van der Waals surface area (Å²) in [6.45, 7) is 2.76. The van der Waals surface area contributed by atoms with Gasteiger partial charge in [0.15, 0.2) is 5.16 Å². The summed E-state index contributed by atoms with van der Waals surface area (Å²) in [6.07, 6.45) is 1.73. The van der Waals surface area contributed by atoms with E-state index in [1.165, 1.54) is 16.6 Å². The van der Waals surface area contributed by atoms with Crippen molar-refractivity contribution in [1.82, 2.24) is 20.1 Å². The molecular formula is C13H18N4OS2. The van der Waals surface area contributed by atoms with E-state index in [4.69, 9.17) is 0 Å². The minimum Gasteiger partial charge on any atom is -0.355 e. The van der Waals surface area contributed by atoms with E-state index < -0.39 is 0 Å². The van der Waals surface area contributed by atoms with E-state index in [9.17, 15) is 4.79 Å². The van der Waals surface area contributed by atoms with Crippen LogP contribution in [0.1, 0.15) is 24.0 Å². The van der Waals surface area contributed by atoms with Crippen LogP contribution >= 0.6 is 23.1 Å². The summed E-state index contributed by atoms with van der Waals surface area (Å²) in [5.74, 6) is 1.34. The Hall–Kier alpha value is -1.34. The maximum absolute atomic E-state index is 11.6. The van der Waals surface area contributed by atoms with Crippen LogP contribution < -0.4 is 5.32 Å². The highest BCUT2D eigenvalue weighted by Gasteiger charge is 2.11.